The van der Waals surface area contributed by atoms with Gasteiger partial charge in [-0.25, -0.2) is 0 Å². The molecule has 10 aromatic rings. The minimum absolute atomic E-state index is 0.190. The number of ketones is 4. The number of hydrogen-bond donors (Lipinski definition) is 0. The Morgan fingerprint density at radius 2 is 0.785 bits per heavy atom. The monoisotopic (exact) mass is 1080 g/mol. The molecule has 2 aromatic heterocycles. The van der Waals surface area contributed by atoms with E-state index in [0.717, 1.165) is 36.8 Å². The highest BCUT2D eigenvalue weighted by Crippen LogP contribution is 2.58. The first-order valence-corrected chi connectivity index (χ1v) is 31.9. The van der Waals surface area contributed by atoms with E-state index in [1.165, 1.54) is 60.2 Å². The van der Waals surface area contributed by atoms with Gasteiger partial charge in [0, 0.05) is 53.6 Å². The third-order valence-corrected chi connectivity index (χ3v) is 20.6. The fourth-order valence-corrected chi connectivity index (χ4v) is 15.8. The highest BCUT2D eigenvalue weighted by atomic mass is 32.1. The second kappa shape index (κ2) is 18.4. The molecule has 386 valence electrons. The van der Waals surface area contributed by atoms with Crippen molar-refractivity contribution in [1.29, 1.82) is 0 Å². The number of fused-ring (bicyclic) bond motifs is 8. The van der Waals surface area contributed by atoms with Crippen LogP contribution in [0.1, 0.15) is 107 Å². The summed E-state index contributed by atoms with van der Waals surface area (Å²) < 4.78 is 0. The third-order valence-electron chi connectivity index (χ3n) is 16.5. The molecule has 0 fully saturated rings. The number of hydrogen-bond acceptors (Lipinski definition) is 8. The molecular weight excluding hydrogens is 1020 g/mol. The molecule has 14 rings (SSSR count). The smallest absolute Gasteiger partial charge is 0.197 e. The second-order valence-corrected chi connectivity index (χ2v) is 30.4. The molecule has 2 aliphatic heterocycles. The van der Waals surface area contributed by atoms with Crippen LogP contribution in [0.15, 0.2) is 193 Å². The number of aryl methyl sites for hydroxylation is 1. The van der Waals surface area contributed by atoms with Gasteiger partial charge in [-0.2, -0.15) is 0 Å². The first kappa shape index (κ1) is 50.2. The summed E-state index contributed by atoms with van der Waals surface area (Å²) in [4.78, 5) is 59.3. The van der Waals surface area contributed by atoms with E-state index < -0.39 is 8.07 Å². The number of anilines is 6. The lowest BCUT2D eigenvalue weighted by Gasteiger charge is -2.41. The Hall–Kier alpha value is -8.34. The fraction of sp³-hybridized carbons (Fsp3) is 0.143. The van der Waals surface area contributed by atoms with Crippen LogP contribution in [0.4, 0.5) is 32.8 Å². The zero-order valence-corrected chi connectivity index (χ0v) is 48.0. The minimum Gasteiger partial charge on any atom is -0.301 e. The molecule has 0 spiro atoms. The van der Waals surface area contributed by atoms with Crippen LogP contribution >= 0.6 is 22.7 Å². The number of rotatable bonds is 5. The lowest BCUT2D eigenvalue weighted by atomic mass is 9.75. The van der Waals surface area contributed by atoms with Crippen LogP contribution in [0.3, 0.4) is 0 Å². The molecular formula is C70H56N2O4S2Si. The van der Waals surface area contributed by atoms with Crippen LogP contribution in [0.5, 0.6) is 0 Å². The maximum Gasteiger partial charge on any atom is 0.197 e. The van der Waals surface area contributed by atoms with Gasteiger partial charge in [0.25, 0.3) is 0 Å². The molecule has 9 heteroatoms. The van der Waals surface area contributed by atoms with Crippen LogP contribution in [0, 0.1) is 6.92 Å². The molecule has 6 nitrogen and oxygen atoms in total. The number of allylic oxidation sites excluding steroid dienone is 2. The molecule has 79 heavy (non-hydrogen) atoms. The normalized spacial score (nSPS) is 15.5. The lowest BCUT2D eigenvalue weighted by molar-refractivity contribution is 0.0975. The van der Waals surface area contributed by atoms with Crippen LogP contribution in [0.2, 0.25) is 19.6 Å². The van der Waals surface area contributed by atoms with Gasteiger partial charge >= 0.3 is 0 Å². The molecule has 8 aromatic carbocycles. The molecule has 0 bridgehead atoms. The highest BCUT2D eigenvalue weighted by molar-refractivity contribution is 7.17. The van der Waals surface area contributed by atoms with E-state index in [4.69, 9.17) is 0 Å². The van der Waals surface area contributed by atoms with Crippen molar-refractivity contribution >= 4 is 126 Å². The summed E-state index contributed by atoms with van der Waals surface area (Å²) in [6.07, 6.45) is 3.60. The van der Waals surface area contributed by atoms with Crippen molar-refractivity contribution in [1.82, 2.24) is 0 Å². The van der Waals surface area contributed by atoms with Gasteiger partial charge < -0.3 is 9.80 Å². The molecule has 4 aliphatic rings. The minimum atomic E-state index is -1.56. The summed E-state index contributed by atoms with van der Waals surface area (Å²) in [6.45, 7) is 18.4. The van der Waals surface area contributed by atoms with E-state index in [1.807, 2.05) is 18.2 Å². The zero-order valence-electron chi connectivity index (χ0n) is 45.3. The lowest BCUT2D eigenvalue weighted by Crippen LogP contribution is -2.40. The molecule has 0 N–H and O–H groups in total. The van der Waals surface area contributed by atoms with E-state index in [2.05, 4.69) is 198 Å². The maximum atomic E-state index is 13.2. The van der Waals surface area contributed by atoms with Crippen molar-refractivity contribution in [3.8, 4) is 0 Å². The van der Waals surface area contributed by atoms with Crippen LogP contribution in [-0.2, 0) is 10.8 Å². The predicted octanol–water partition coefficient (Wildman–Crippen LogP) is 17.8. The first-order chi connectivity index (χ1) is 37.9. The number of carbonyl (C=O) groups excluding carboxylic acids is 4. The average Bonchev–Trinajstić information content (AvgIpc) is 4.15. The molecule has 0 unspecified atom stereocenters. The van der Waals surface area contributed by atoms with Gasteiger partial charge in [-0.1, -0.05) is 204 Å². The second-order valence-electron chi connectivity index (χ2n) is 23.2. The van der Waals surface area contributed by atoms with Crippen LogP contribution in [0.25, 0.3) is 33.7 Å². The largest absolute Gasteiger partial charge is 0.301 e. The van der Waals surface area contributed by atoms with E-state index in [0.29, 0.717) is 22.3 Å². The van der Waals surface area contributed by atoms with Crippen LogP contribution < -0.4 is 15.0 Å². The van der Waals surface area contributed by atoms with Crippen molar-refractivity contribution in [3.63, 3.8) is 0 Å². The Kier molecular flexibility index (Phi) is 11.7. The zero-order chi connectivity index (χ0) is 54.9. The molecule has 0 saturated carbocycles. The topological polar surface area (TPSA) is 74.8 Å². The number of carbonyl (C=O) groups is 4. The van der Waals surface area contributed by atoms with Crippen molar-refractivity contribution in [2.75, 3.05) is 9.80 Å². The molecule has 0 saturated heterocycles. The molecule has 0 amide bonds. The Bertz CT molecular complexity index is 4290. The number of nitrogens with zero attached hydrogens (tertiary/aromatic N) is 2. The van der Waals surface area contributed by atoms with E-state index >= 15 is 0 Å². The van der Waals surface area contributed by atoms with Gasteiger partial charge in [-0.15, -0.1) is 22.7 Å². The highest BCUT2D eigenvalue weighted by Gasteiger charge is 2.42. The van der Waals surface area contributed by atoms with E-state index in [9.17, 15) is 19.2 Å². The Labute approximate surface area is 469 Å². The van der Waals surface area contributed by atoms with Gasteiger partial charge in [0.15, 0.2) is 23.1 Å². The fourth-order valence-electron chi connectivity index (χ4n) is 12.1. The van der Waals surface area contributed by atoms with Crippen molar-refractivity contribution in [3.05, 3.63) is 253 Å². The number of benzene rings is 8. The van der Waals surface area contributed by atoms with Crippen molar-refractivity contribution in [2.24, 2.45) is 0 Å². The number of Topliss-reactive ketones (excluding diaryl/α,β-unsaturated/α-hetero) is 4. The van der Waals surface area contributed by atoms with Gasteiger partial charge in [0.1, 0.15) is 10.0 Å². The summed E-state index contributed by atoms with van der Waals surface area (Å²) in [5.74, 6) is -0.766. The quantitative estimate of drug-likeness (QED) is 0.0971. The first-order valence-electron chi connectivity index (χ1n) is 26.8. The third kappa shape index (κ3) is 8.00. The number of thiophene rings is 2. The van der Waals surface area contributed by atoms with Gasteiger partial charge in [-0.05, 0) is 88.5 Å². The summed E-state index contributed by atoms with van der Waals surface area (Å²) in [7, 11) is -1.56. The molecule has 2 aliphatic carbocycles. The summed E-state index contributed by atoms with van der Waals surface area (Å²) in [5.41, 5.74) is 12.7. The average molecular weight is 1080 g/mol. The van der Waals surface area contributed by atoms with Crippen molar-refractivity contribution < 1.29 is 19.2 Å². The van der Waals surface area contributed by atoms with Crippen molar-refractivity contribution in [2.45, 2.75) is 65.1 Å². The summed E-state index contributed by atoms with van der Waals surface area (Å²) in [6, 6.07) is 62.1. The van der Waals surface area contributed by atoms with E-state index in [-0.39, 0.29) is 45.1 Å². The van der Waals surface area contributed by atoms with Crippen LogP contribution in [-0.4, -0.2) is 31.2 Å². The van der Waals surface area contributed by atoms with Gasteiger partial charge in [0.2, 0.25) is 0 Å². The summed E-state index contributed by atoms with van der Waals surface area (Å²) >= 11 is 3.28. The molecule has 4 heterocycles. The standard InChI is InChI=1S/C36H31NO2SSi.C34H25NO2S/c1-36(2)29-21-24(41(3,4)5)17-18-32(29)37(31-16-10-12-22-11-6-7-13-25(22)31)35-30(36)20-23(40-35)19-28-33(38)26-14-8-9-15-27(26)34(28)39;1-20-15-16-30-27(17-20)34(2,3)28-19-22(18-26-31(36)24-12-6-7-13-25(24)32(26)37)38-33(28)35(30)29-14-8-10-21-9-4-5-11-23(21)29/h6-21H,1-5H3;4-19H,1-3H3. The summed E-state index contributed by atoms with van der Waals surface area (Å²) in [5, 5.41) is 8.41. The van der Waals surface area contributed by atoms with Gasteiger partial charge in [-0.3, -0.25) is 19.2 Å². The Balaban J connectivity index is 0.000000150. The van der Waals surface area contributed by atoms with E-state index in [1.54, 1.807) is 65.1 Å². The Morgan fingerprint density at radius 1 is 0.405 bits per heavy atom. The molecule has 0 atom stereocenters. The molecule has 0 radical (unpaired) electrons. The Morgan fingerprint density at radius 3 is 1.22 bits per heavy atom. The SMILES string of the molecule is CC1(C)c2cc([Si](C)(C)C)ccc2N(c2cccc3ccccc23)c2sc(C=C3C(=O)c4ccccc4C3=O)cc21.Cc1ccc2c(c1)C(C)(C)c1cc(C=C3C(=O)c4ccccc4C3=O)sc1N2c1cccc2ccccc12. The van der Waals surface area contributed by atoms with Gasteiger partial charge in [0.05, 0.1) is 42.0 Å². The maximum absolute atomic E-state index is 13.2. The predicted molar refractivity (Wildman–Crippen MR) is 331 cm³/mol.